The quantitative estimate of drug-likeness (QED) is 0.748. The number of aromatic nitrogens is 2. The van der Waals surface area contributed by atoms with Crippen molar-refractivity contribution in [3.05, 3.63) is 77.0 Å². The fraction of sp³-hybridized carbons (Fsp3) is 0.273. The monoisotopic (exact) mass is 344 g/mol. The molecule has 1 aliphatic heterocycles. The summed E-state index contributed by atoms with van der Waals surface area (Å²) < 4.78 is 0. The summed E-state index contributed by atoms with van der Waals surface area (Å²) in [6.07, 6.45) is 2.10. The van der Waals surface area contributed by atoms with Gasteiger partial charge in [-0.1, -0.05) is 43.3 Å². The van der Waals surface area contributed by atoms with Crippen molar-refractivity contribution in [2.45, 2.75) is 33.2 Å². The van der Waals surface area contributed by atoms with Crippen LogP contribution >= 0.6 is 0 Å². The minimum absolute atomic E-state index is 0.656. The Bertz CT molecular complexity index is 902. The van der Waals surface area contributed by atoms with Crippen molar-refractivity contribution in [2.24, 2.45) is 0 Å². The SMILES string of the molecule is CCc1ccc(Nc2nc(C)cc(N3CCc4ccccc4C3)n2)cc1. The van der Waals surface area contributed by atoms with Gasteiger partial charge in [-0.15, -0.1) is 0 Å². The minimum atomic E-state index is 0.656. The third-order valence-corrected chi connectivity index (χ3v) is 4.91. The number of nitrogens with zero attached hydrogens (tertiary/aromatic N) is 3. The molecule has 1 aromatic heterocycles. The lowest BCUT2D eigenvalue weighted by Gasteiger charge is -2.30. The Morgan fingerprint density at radius 3 is 2.54 bits per heavy atom. The molecule has 0 saturated heterocycles. The van der Waals surface area contributed by atoms with Gasteiger partial charge in [0, 0.05) is 30.5 Å². The van der Waals surface area contributed by atoms with Crippen LogP contribution in [0, 0.1) is 6.92 Å². The highest BCUT2D eigenvalue weighted by Crippen LogP contribution is 2.25. The predicted octanol–water partition coefficient (Wildman–Crippen LogP) is 4.65. The summed E-state index contributed by atoms with van der Waals surface area (Å²) in [6, 6.07) is 19.2. The van der Waals surface area contributed by atoms with Gasteiger partial charge in [0.05, 0.1) is 0 Å². The first-order valence-electron chi connectivity index (χ1n) is 9.24. The second-order valence-corrected chi connectivity index (χ2v) is 6.81. The third-order valence-electron chi connectivity index (χ3n) is 4.91. The van der Waals surface area contributed by atoms with E-state index in [-0.39, 0.29) is 0 Å². The molecule has 3 aromatic rings. The fourth-order valence-electron chi connectivity index (χ4n) is 3.41. The van der Waals surface area contributed by atoms with E-state index in [0.717, 1.165) is 43.1 Å². The van der Waals surface area contributed by atoms with Gasteiger partial charge in [0.15, 0.2) is 0 Å². The molecule has 0 radical (unpaired) electrons. The molecule has 0 unspecified atom stereocenters. The maximum Gasteiger partial charge on any atom is 0.229 e. The Morgan fingerprint density at radius 1 is 1.00 bits per heavy atom. The Kier molecular flexibility index (Phi) is 4.57. The highest BCUT2D eigenvalue weighted by molar-refractivity contribution is 5.56. The fourth-order valence-corrected chi connectivity index (χ4v) is 3.41. The lowest BCUT2D eigenvalue weighted by Crippen LogP contribution is -2.31. The van der Waals surface area contributed by atoms with Crippen LogP contribution in [0.4, 0.5) is 17.5 Å². The average Bonchev–Trinajstić information content (AvgIpc) is 2.68. The molecule has 4 heteroatoms. The van der Waals surface area contributed by atoms with Crippen LogP contribution in [0.25, 0.3) is 0 Å². The minimum Gasteiger partial charge on any atom is -0.352 e. The molecule has 132 valence electrons. The van der Waals surface area contributed by atoms with Crippen LogP contribution < -0.4 is 10.2 Å². The van der Waals surface area contributed by atoms with Gasteiger partial charge in [-0.25, -0.2) is 4.98 Å². The molecule has 0 bridgehead atoms. The molecule has 0 amide bonds. The maximum atomic E-state index is 4.77. The van der Waals surface area contributed by atoms with Gasteiger partial charge in [-0.2, -0.15) is 4.98 Å². The van der Waals surface area contributed by atoms with Crippen molar-refractivity contribution < 1.29 is 0 Å². The molecule has 4 nitrogen and oxygen atoms in total. The highest BCUT2D eigenvalue weighted by Gasteiger charge is 2.18. The van der Waals surface area contributed by atoms with Crippen LogP contribution in [0.15, 0.2) is 54.6 Å². The molecule has 0 fully saturated rings. The smallest absolute Gasteiger partial charge is 0.229 e. The summed E-state index contributed by atoms with van der Waals surface area (Å²) in [7, 11) is 0. The van der Waals surface area contributed by atoms with Gasteiger partial charge < -0.3 is 10.2 Å². The first kappa shape index (κ1) is 16.6. The van der Waals surface area contributed by atoms with E-state index in [1.807, 2.05) is 6.92 Å². The lowest BCUT2D eigenvalue weighted by molar-refractivity contribution is 0.719. The largest absolute Gasteiger partial charge is 0.352 e. The summed E-state index contributed by atoms with van der Waals surface area (Å²) >= 11 is 0. The molecule has 4 rings (SSSR count). The van der Waals surface area contributed by atoms with Gasteiger partial charge in [-0.3, -0.25) is 0 Å². The molecule has 0 atom stereocenters. The van der Waals surface area contributed by atoms with Crippen LogP contribution in [0.2, 0.25) is 0 Å². The van der Waals surface area contributed by atoms with E-state index in [4.69, 9.17) is 4.98 Å². The van der Waals surface area contributed by atoms with Crippen molar-refractivity contribution in [1.29, 1.82) is 0 Å². The molecule has 0 saturated carbocycles. The maximum absolute atomic E-state index is 4.77. The Hall–Kier alpha value is -2.88. The number of fused-ring (bicyclic) bond motifs is 1. The molecular weight excluding hydrogens is 320 g/mol. The number of anilines is 3. The number of rotatable bonds is 4. The van der Waals surface area contributed by atoms with E-state index in [9.17, 15) is 0 Å². The molecule has 1 aliphatic rings. The van der Waals surface area contributed by atoms with E-state index in [1.54, 1.807) is 0 Å². The molecular formula is C22H24N4. The molecule has 2 heterocycles. The molecule has 0 spiro atoms. The number of hydrogen-bond donors (Lipinski definition) is 1. The van der Waals surface area contributed by atoms with E-state index in [2.05, 4.69) is 76.7 Å². The summed E-state index contributed by atoms with van der Waals surface area (Å²) in [5, 5.41) is 3.35. The Morgan fingerprint density at radius 2 is 1.77 bits per heavy atom. The van der Waals surface area contributed by atoms with Crippen LogP contribution in [0.3, 0.4) is 0 Å². The number of aryl methyl sites for hydroxylation is 2. The van der Waals surface area contributed by atoms with Crippen molar-refractivity contribution in [3.8, 4) is 0 Å². The summed E-state index contributed by atoms with van der Waals surface area (Å²) in [4.78, 5) is 11.7. The summed E-state index contributed by atoms with van der Waals surface area (Å²) in [6.45, 7) is 6.07. The van der Waals surface area contributed by atoms with E-state index in [1.165, 1.54) is 16.7 Å². The van der Waals surface area contributed by atoms with Gasteiger partial charge in [0.1, 0.15) is 5.82 Å². The Balaban J connectivity index is 1.56. The number of benzene rings is 2. The molecule has 2 aromatic carbocycles. The van der Waals surface area contributed by atoms with Crippen molar-refractivity contribution in [3.63, 3.8) is 0 Å². The zero-order valence-electron chi connectivity index (χ0n) is 15.4. The number of hydrogen-bond acceptors (Lipinski definition) is 4. The standard InChI is InChI=1S/C22H24N4/c1-3-17-8-10-20(11-9-17)24-22-23-16(2)14-21(25-22)26-13-12-18-6-4-5-7-19(18)15-26/h4-11,14H,3,12-13,15H2,1-2H3,(H,23,24,25). The Labute approximate surface area is 154 Å². The van der Waals surface area contributed by atoms with Gasteiger partial charge in [0.2, 0.25) is 5.95 Å². The van der Waals surface area contributed by atoms with Crippen molar-refractivity contribution in [1.82, 2.24) is 9.97 Å². The molecule has 1 N–H and O–H groups in total. The van der Waals surface area contributed by atoms with Crippen LogP contribution in [0.1, 0.15) is 29.3 Å². The highest BCUT2D eigenvalue weighted by atomic mass is 15.2. The second kappa shape index (κ2) is 7.16. The van der Waals surface area contributed by atoms with Gasteiger partial charge in [-0.05, 0) is 48.6 Å². The summed E-state index contributed by atoms with van der Waals surface area (Å²) in [5.41, 5.74) is 6.15. The van der Waals surface area contributed by atoms with Crippen LogP contribution in [-0.4, -0.2) is 16.5 Å². The second-order valence-electron chi connectivity index (χ2n) is 6.81. The first-order valence-corrected chi connectivity index (χ1v) is 9.24. The van der Waals surface area contributed by atoms with Crippen molar-refractivity contribution >= 4 is 17.5 Å². The van der Waals surface area contributed by atoms with Gasteiger partial charge >= 0.3 is 0 Å². The third kappa shape index (κ3) is 3.54. The van der Waals surface area contributed by atoms with Gasteiger partial charge in [0.25, 0.3) is 0 Å². The number of nitrogens with one attached hydrogen (secondary N) is 1. The average molecular weight is 344 g/mol. The topological polar surface area (TPSA) is 41.1 Å². The van der Waals surface area contributed by atoms with Crippen molar-refractivity contribution in [2.75, 3.05) is 16.8 Å². The predicted molar refractivity (Wildman–Crippen MR) is 107 cm³/mol. The normalized spacial score (nSPS) is 13.4. The zero-order chi connectivity index (χ0) is 17.9. The van der Waals surface area contributed by atoms with E-state index in [0.29, 0.717) is 5.95 Å². The zero-order valence-corrected chi connectivity index (χ0v) is 15.4. The summed E-state index contributed by atoms with van der Waals surface area (Å²) in [5.74, 6) is 1.64. The van der Waals surface area contributed by atoms with Crippen LogP contribution in [-0.2, 0) is 19.4 Å². The molecule has 26 heavy (non-hydrogen) atoms. The van der Waals surface area contributed by atoms with E-state index < -0.39 is 0 Å². The van der Waals surface area contributed by atoms with E-state index >= 15 is 0 Å². The molecule has 0 aliphatic carbocycles. The first-order chi connectivity index (χ1) is 12.7. The lowest BCUT2D eigenvalue weighted by atomic mass is 10.00. The van der Waals surface area contributed by atoms with Crippen LogP contribution in [0.5, 0.6) is 0 Å².